The number of aryl methyl sites for hydroxylation is 1. The van der Waals surface area contributed by atoms with Gasteiger partial charge in [0.05, 0.1) is 7.11 Å². The molecule has 0 saturated heterocycles. The van der Waals surface area contributed by atoms with E-state index in [9.17, 15) is 22.8 Å². The molecule has 0 radical (unpaired) electrons. The summed E-state index contributed by atoms with van der Waals surface area (Å²) in [6.45, 7) is 0. The van der Waals surface area contributed by atoms with Crippen LogP contribution in [-0.4, -0.2) is 25.0 Å². The van der Waals surface area contributed by atoms with Crippen molar-refractivity contribution in [2.45, 2.75) is 64.0 Å². The lowest BCUT2D eigenvalue weighted by Gasteiger charge is -2.06. The zero-order valence-corrected chi connectivity index (χ0v) is 14.5. The molecule has 0 N–H and O–H groups in total. The van der Waals surface area contributed by atoms with Gasteiger partial charge in [0.15, 0.2) is 0 Å². The minimum absolute atomic E-state index is 0.164. The maximum atomic E-state index is 12.3. The van der Waals surface area contributed by atoms with E-state index in [1.54, 1.807) is 12.1 Å². The summed E-state index contributed by atoms with van der Waals surface area (Å²) < 4.78 is 41.5. The van der Waals surface area contributed by atoms with Crippen molar-refractivity contribution >= 4 is 11.8 Å². The summed E-state index contributed by atoms with van der Waals surface area (Å²) >= 11 is 0. The first-order valence-corrected chi connectivity index (χ1v) is 8.62. The summed E-state index contributed by atoms with van der Waals surface area (Å²) in [4.78, 5) is 22.0. The molecule has 140 valence electrons. The van der Waals surface area contributed by atoms with E-state index in [-0.39, 0.29) is 11.5 Å². The Morgan fingerprint density at radius 2 is 1.40 bits per heavy atom. The van der Waals surface area contributed by atoms with E-state index in [0.29, 0.717) is 6.42 Å². The number of carbonyl (C=O) groups is 2. The van der Waals surface area contributed by atoms with Gasteiger partial charge in [-0.3, -0.25) is 9.59 Å². The smallest absolute Gasteiger partial charge is 0.454 e. The molecule has 0 aliphatic heterocycles. The molecular formula is C19H25F3O3. The van der Waals surface area contributed by atoms with Gasteiger partial charge >= 0.3 is 12.1 Å². The molecular weight excluding hydrogens is 333 g/mol. The number of unbranched alkanes of at least 4 members (excludes halogenated alkanes) is 6. The number of hydrogen-bond acceptors (Lipinski definition) is 3. The largest absolute Gasteiger partial charge is 0.469 e. The van der Waals surface area contributed by atoms with Crippen LogP contribution in [0.2, 0.25) is 0 Å². The zero-order chi connectivity index (χ0) is 18.7. The highest BCUT2D eigenvalue weighted by molar-refractivity contribution is 6.00. The predicted octanol–water partition coefficient (Wildman–Crippen LogP) is 5.27. The summed E-state index contributed by atoms with van der Waals surface area (Å²) in [5.74, 6) is -1.96. The zero-order valence-electron chi connectivity index (χ0n) is 14.5. The van der Waals surface area contributed by atoms with Gasteiger partial charge in [-0.05, 0) is 24.8 Å². The number of esters is 1. The molecule has 0 aliphatic carbocycles. The summed E-state index contributed by atoms with van der Waals surface area (Å²) in [5, 5.41) is 0. The molecule has 0 heterocycles. The van der Waals surface area contributed by atoms with Gasteiger partial charge in [0.2, 0.25) is 0 Å². The highest BCUT2D eigenvalue weighted by Gasteiger charge is 2.39. The lowest BCUT2D eigenvalue weighted by molar-refractivity contribution is -0.140. The molecule has 25 heavy (non-hydrogen) atoms. The Hall–Kier alpha value is -1.85. The van der Waals surface area contributed by atoms with Gasteiger partial charge in [-0.2, -0.15) is 13.2 Å². The Labute approximate surface area is 146 Å². The first-order chi connectivity index (χ1) is 11.8. The molecule has 0 unspecified atom stereocenters. The van der Waals surface area contributed by atoms with Crippen LogP contribution in [0.5, 0.6) is 0 Å². The summed E-state index contributed by atoms with van der Waals surface area (Å²) in [5.41, 5.74) is 0.625. The minimum atomic E-state index is -4.82. The Bertz CT molecular complexity index is 536. The first-order valence-electron chi connectivity index (χ1n) is 8.62. The number of carbonyl (C=O) groups excluding carboxylic acids is 2. The number of ketones is 1. The summed E-state index contributed by atoms with van der Waals surface area (Å²) in [6.07, 6.45) is 3.65. The van der Waals surface area contributed by atoms with Crippen molar-refractivity contribution in [1.82, 2.24) is 0 Å². The van der Waals surface area contributed by atoms with Crippen molar-refractivity contribution in [3.63, 3.8) is 0 Å². The second kappa shape index (κ2) is 10.9. The topological polar surface area (TPSA) is 43.4 Å². The highest BCUT2D eigenvalue weighted by atomic mass is 19.4. The van der Waals surface area contributed by atoms with Crippen molar-refractivity contribution in [2.75, 3.05) is 7.11 Å². The minimum Gasteiger partial charge on any atom is -0.469 e. The number of hydrogen-bond donors (Lipinski definition) is 0. The summed E-state index contributed by atoms with van der Waals surface area (Å²) in [7, 11) is 1.39. The fourth-order valence-electron chi connectivity index (χ4n) is 2.57. The number of ether oxygens (including phenoxy) is 1. The molecule has 1 aromatic rings. The maximum absolute atomic E-state index is 12.3. The lowest BCUT2D eigenvalue weighted by atomic mass is 10.0. The number of rotatable bonds is 11. The fraction of sp³-hybridized carbons (Fsp3) is 0.579. The Morgan fingerprint density at radius 1 is 0.880 bits per heavy atom. The van der Waals surface area contributed by atoms with Gasteiger partial charge in [-0.25, -0.2) is 0 Å². The van der Waals surface area contributed by atoms with Crippen LogP contribution in [0.15, 0.2) is 24.3 Å². The lowest BCUT2D eigenvalue weighted by Crippen LogP contribution is -2.22. The average Bonchev–Trinajstić information content (AvgIpc) is 2.59. The van der Waals surface area contributed by atoms with Gasteiger partial charge in [0.1, 0.15) is 0 Å². The molecule has 0 amide bonds. The molecule has 0 aliphatic rings. The third-order valence-corrected chi connectivity index (χ3v) is 4.05. The average molecular weight is 358 g/mol. The normalized spacial score (nSPS) is 11.4. The van der Waals surface area contributed by atoms with Crippen LogP contribution in [0, 0.1) is 0 Å². The van der Waals surface area contributed by atoms with E-state index in [1.165, 1.54) is 19.2 Å². The summed E-state index contributed by atoms with van der Waals surface area (Å²) in [6, 6.07) is 5.66. The fourth-order valence-corrected chi connectivity index (χ4v) is 2.57. The Kier molecular flexibility index (Phi) is 9.24. The van der Waals surface area contributed by atoms with Crippen molar-refractivity contribution < 1.29 is 27.5 Å². The number of benzene rings is 1. The second-order valence-corrected chi connectivity index (χ2v) is 6.07. The molecule has 6 heteroatoms. The van der Waals surface area contributed by atoms with E-state index >= 15 is 0 Å². The predicted molar refractivity (Wildman–Crippen MR) is 89.5 cm³/mol. The molecule has 0 atom stereocenters. The standard InChI is InChI=1S/C19H25F3O3/c1-25-17(23)10-8-6-4-2-3-5-7-9-15-11-13-16(14-12-15)18(24)19(20,21)22/h11-14H,2-10H2,1H3. The van der Waals surface area contributed by atoms with Crippen molar-refractivity contribution in [3.05, 3.63) is 35.4 Å². The molecule has 0 fully saturated rings. The van der Waals surface area contributed by atoms with Crippen molar-refractivity contribution in [3.8, 4) is 0 Å². The van der Waals surface area contributed by atoms with Crippen molar-refractivity contribution in [1.29, 1.82) is 0 Å². The van der Waals surface area contributed by atoms with Crippen LogP contribution >= 0.6 is 0 Å². The highest BCUT2D eigenvalue weighted by Crippen LogP contribution is 2.22. The third kappa shape index (κ3) is 8.70. The van der Waals surface area contributed by atoms with Gasteiger partial charge in [-0.15, -0.1) is 0 Å². The van der Waals surface area contributed by atoms with Crippen LogP contribution in [0.25, 0.3) is 0 Å². The van der Waals surface area contributed by atoms with E-state index in [2.05, 4.69) is 4.74 Å². The maximum Gasteiger partial charge on any atom is 0.454 e. The van der Waals surface area contributed by atoms with Crippen LogP contribution in [0.3, 0.4) is 0 Å². The van der Waals surface area contributed by atoms with Crippen LogP contribution in [0.4, 0.5) is 13.2 Å². The van der Waals surface area contributed by atoms with Crippen molar-refractivity contribution in [2.24, 2.45) is 0 Å². The molecule has 3 nitrogen and oxygen atoms in total. The molecule has 1 aromatic carbocycles. The van der Waals surface area contributed by atoms with Gasteiger partial charge in [0.25, 0.3) is 5.78 Å². The number of methoxy groups -OCH3 is 1. The quantitative estimate of drug-likeness (QED) is 0.307. The van der Waals surface area contributed by atoms with E-state index < -0.39 is 12.0 Å². The molecule has 1 rings (SSSR count). The van der Waals surface area contributed by atoms with E-state index in [1.807, 2.05) is 0 Å². The SMILES string of the molecule is COC(=O)CCCCCCCCCc1ccc(C(=O)C(F)(F)F)cc1. The molecule has 0 aromatic heterocycles. The van der Waals surface area contributed by atoms with Gasteiger partial charge in [-0.1, -0.05) is 56.4 Å². The monoisotopic (exact) mass is 358 g/mol. The van der Waals surface area contributed by atoms with E-state index in [0.717, 1.165) is 56.9 Å². The number of alkyl halides is 3. The Balaban J connectivity index is 2.13. The Morgan fingerprint density at radius 3 is 1.92 bits per heavy atom. The van der Waals surface area contributed by atoms with Crippen LogP contribution in [-0.2, 0) is 16.0 Å². The van der Waals surface area contributed by atoms with Gasteiger partial charge in [0, 0.05) is 12.0 Å². The van der Waals surface area contributed by atoms with Crippen LogP contribution in [0.1, 0.15) is 67.3 Å². The van der Waals surface area contributed by atoms with Gasteiger partial charge < -0.3 is 4.74 Å². The van der Waals surface area contributed by atoms with Crippen LogP contribution < -0.4 is 0 Å². The van der Waals surface area contributed by atoms with E-state index in [4.69, 9.17) is 0 Å². The third-order valence-electron chi connectivity index (χ3n) is 4.05. The molecule has 0 saturated carbocycles. The molecule has 0 spiro atoms. The second-order valence-electron chi connectivity index (χ2n) is 6.07. The number of halogens is 3. The molecule has 0 bridgehead atoms. The number of Topliss-reactive ketones (excluding diaryl/α,β-unsaturated/α-hetero) is 1. The first kappa shape index (κ1) is 21.2.